The highest BCUT2D eigenvalue weighted by atomic mass is 35.5. The van der Waals surface area contributed by atoms with Crippen LogP contribution in [0.15, 0.2) is 18.2 Å². The minimum Gasteiger partial charge on any atom is -0.469 e. The van der Waals surface area contributed by atoms with E-state index >= 15 is 0 Å². The Kier molecular flexibility index (Phi) is 4.05. The molecule has 0 radical (unpaired) electrons. The summed E-state index contributed by atoms with van der Waals surface area (Å²) in [4.78, 5) is 10.9. The van der Waals surface area contributed by atoms with Crippen LogP contribution in [0.2, 0.25) is 5.02 Å². The van der Waals surface area contributed by atoms with Crippen molar-refractivity contribution >= 4 is 17.6 Å². The third-order valence-electron chi connectivity index (χ3n) is 1.86. The Morgan fingerprint density at radius 2 is 2.27 bits per heavy atom. The summed E-state index contributed by atoms with van der Waals surface area (Å²) in [7, 11) is 1.22. The molecule has 1 N–H and O–H groups in total. The quantitative estimate of drug-likeness (QED) is 0.812. The van der Waals surface area contributed by atoms with Crippen molar-refractivity contribution in [1.82, 2.24) is 0 Å². The Balaban J connectivity index is 2.81. The zero-order valence-corrected chi connectivity index (χ0v) is 8.79. The lowest BCUT2D eigenvalue weighted by Crippen LogP contribution is -2.08. The van der Waals surface area contributed by atoms with E-state index in [0.717, 1.165) is 12.1 Å². The second-order valence-corrected chi connectivity index (χ2v) is 3.44. The average molecular weight is 233 g/mol. The summed E-state index contributed by atoms with van der Waals surface area (Å²) in [6.07, 6.45) is -1.33. The van der Waals surface area contributed by atoms with Crippen LogP contribution in [-0.4, -0.2) is 18.2 Å². The standard InChI is InChI=1S/C10H10ClFO3/c1-15-10(14)5-9(13)6-2-7(11)4-8(12)3-6/h2-4,9,13H,5H2,1H3/t9-/m0/s1. The number of hydrogen-bond donors (Lipinski definition) is 1. The Morgan fingerprint density at radius 3 is 2.80 bits per heavy atom. The number of aliphatic hydroxyl groups excluding tert-OH is 1. The molecule has 0 saturated carbocycles. The van der Waals surface area contributed by atoms with Crippen molar-refractivity contribution in [2.24, 2.45) is 0 Å². The van der Waals surface area contributed by atoms with Crippen LogP contribution in [0.1, 0.15) is 18.1 Å². The number of aliphatic hydroxyl groups is 1. The molecule has 82 valence electrons. The number of rotatable bonds is 3. The summed E-state index contributed by atoms with van der Waals surface area (Å²) in [6.45, 7) is 0. The van der Waals surface area contributed by atoms with E-state index in [1.165, 1.54) is 13.2 Å². The minimum atomic E-state index is -1.11. The van der Waals surface area contributed by atoms with Crippen molar-refractivity contribution in [1.29, 1.82) is 0 Å². The Hall–Kier alpha value is -1.13. The number of halogens is 2. The summed E-state index contributed by atoms with van der Waals surface area (Å²) in [5.74, 6) is -1.12. The third kappa shape index (κ3) is 3.49. The molecule has 0 saturated heterocycles. The molecule has 0 spiro atoms. The normalized spacial score (nSPS) is 12.3. The molecule has 0 aliphatic heterocycles. The Morgan fingerprint density at radius 1 is 1.60 bits per heavy atom. The molecule has 0 bridgehead atoms. The van der Waals surface area contributed by atoms with Gasteiger partial charge < -0.3 is 9.84 Å². The molecule has 0 aliphatic rings. The molecule has 1 aromatic rings. The molecule has 0 aromatic heterocycles. The SMILES string of the molecule is COC(=O)C[C@H](O)c1cc(F)cc(Cl)c1. The summed E-state index contributed by atoms with van der Waals surface area (Å²) in [6, 6.07) is 3.65. The van der Waals surface area contributed by atoms with Crippen LogP contribution in [0.4, 0.5) is 4.39 Å². The van der Waals surface area contributed by atoms with Crippen molar-refractivity contribution in [3.8, 4) is 0 Å². The zero-order valence-electron chi connectivity index (χ0n) is 8.04. The Labute approximate surface area is 91.4 Å². The van der Waals surface area contributed by atoms with Gasteiger partial charge in [0.05, 0.1) is 19.6 Å². The second kappa shape index (κ2) is 5.09. The predicted octanol–water partition coefficient (Wildman–Crippen LogP) is 2.08. The van der Waals surface area contributed by atoms with E-state index in [4.69, 9.17) is 11.6 Å². The van der Waals surface area contributed by atoms with Gasteiger partial charge in [0, 0.05) is 5.02 Å². The summed E-state index contributed by atoms with van der Waals surface area (Å²) < 4.78 is 17.3. The molecular formula is C10H10ClFO3. The lowest BCUT2D eigenvalue weighted by molar-refractivity contribution is -0.142. The van der Waals surface area contributed by atoms with Gasteiger partial charge in [-0.05, 0) is 23.8 Å². The molecule has 0 aliphatic carbocycles. The van der Waals surface area contributed by atoms with Gasteiger partial charge in [-0.2, -0.15) is 0 Å². The van der Waals surface area contributed by atoms with Gasteiger partial charge in [-0.25, -0.2) is 4.39 Å². The fourth-order valence-corrected chi connectivity index (χ4v) is 1.36. The highest BCUT2D eigenvalue weighted by Crippen LogP contribution is 2.22. The first-order valence-electron chi connectivity index (χ1n) is 4.24. The van der Waals surface area contributed by atoms with E-state index < -0.39 is 17.9 Å². The van der Waals surface area contributed by atoms with Gasteiger partial charge in [0.2, 0.25) is 0 Å². The van der Waals surface area contributed by atoms with Crippen LogP contribution in [0, 0.1) is 5.82 Å². The fourth-order valence-electron chi connectivity index (χ4n) is 1.13. The number of carbonyl (C=O) groups is 1. The topological polar surface area (TPSA) is 46.5 Å². The molecule has 3 nitrogen and oxygen atoms in total. The molecule has 0 unspecified atom stereocenters. The number of ether oxygens (including phenoxy) is 1. The number of carbonyl (C=O) groups excluding carboxylic acids is 1. The van der Waals surface area contributed by atoms with Crippen LogP contribution in [0.5, 0.6) is 0 Å². The lowest BCUT2D eigenvalue weighted by Gasteiger charge is -2.09. The monoisotopic (exact) mass is 232 g/mol. The van der Waals surface area contributed by atoms with Crippen molar-refractivity contribution in [3.05, 3.63) is 34.6 Å². The molecular weight excluding hydrogens is 223 g/mol. The number of methoxy groups -OCH3 is 1. The minimum absolute atomic E-state index is 0.175. The van der Waals surface area contributed by atoms with Crippen LogP contribution in [0.3, 0.4) is 0 Å². The fraction of sp³-hybridized carbons (Fsp3) is 0.300. The first-order chi connectivity index (χ1) is 7.02. The van der Waals surface area contributed by atoms with Crippen molar-refractivity contribution in [3.63, 3.8) is 0 Å². The van der Waals surface area contributed by atoms with Gasteiger partial charge in [-0.1, -0.05) is 11.6 Å². The maximum absolute atomic E-state index is 12.9. The van der Waals surface area contributed by atoms with Crippen molar-refractivity contribution in [2.75, 3.05) is 7.11 Å². The van der Waals surface area contributed by atoms with Gasteiger partial charge in [0.15, 0.2) is 0 Å². The van der Waals surface area contributed by atoms with Crippen LogP contribution < -0.4 is 0 Å². The van der Waals surface area contributed by atoms with Crippen molar-refractivity contribution in [2.45, 2.75) is 12.5 Å². The molecule has 5 heteroatoms. The maximum atomic E-state index is 12.9. The van der Waals surface area contributed by atoms with E-state index in [1.807, 2.05) is 0 Å². The summed E-state index contributed by atoms with van der Waals surface area (Å²) in [5.41, 5.74) is 0.255. The predicted molar refractivity (Wildman–Crippen MR) is 53.0 cm³/mol. The first-order valence-corrected chi connectivity index (χ1v) is 4.61. The number of benzene rings is 1. The highest BCUT2D eigenvalue weighted by Gasteiger charge is 2.14. The third-order valence-corrected chi connectivity index (χ3v) is 2.08. The molecule has 0 amide bonds. The molecule has 0 heterocycles. The number of hydrogen-bond acceptors (Lipinski definition) is 3. The van der Waals surface area contributed by atoms with Gasteiger partial charge >= 0.3 is 5.97 Å². The van der Waals surface area contributed by atoms with E-state index in [-0.39, 0.29) is 17.0 Å². The molecule has 1 rings (SSSR count). The zero-order chi connectivity index (χ0) is 11.4. The van der Waals surface area contributed by atoms with Gasteiger partial charge in [0.1, 0.15) is 5.82 Å². The average Bonchev–Trinajstić information content (AvgIpc) is 2.16. The molecule has 1 atom stereocenters. The molecule has 15 heavy (non-hydrogen) atoms. The smallest absolute Gasteiger partial charge is 0.308 e. The Bertz CT molecular complexity index is 347. The molecule has 1 aromatic carbocycles. The van der Waals surface area contributed by atoms with E-state index in [1.54, 1.807) is 0 Å². The van der Waals surface area contributed by atoms with Gasteiger partial charge in [0.25, 0.3) is 0 Å². The van der Waals surface area contributed by atoms with Crippen LogP contribution >= 0.6 is 11.6 Å². The second-order valence-electron chi connectivity index (χ2n) is 3.00. The van der Waals surface area contributed by atoms with Crippen LogP contribution in [0.25, 0.3) is 0 Å². The summed E-state index contributed by atoms with van der Waals surface area (Å²) >= 11 is 5.60. The summed E-state index contributed by atoms with van der Waals surface area (Å²) in [5, 5.41) is 9.72. The maximum Gasteiger partial charge on any atom is 0.308 e. The first kappa shape index (κ1) is 11.9. The van der Waals surface area contributed by atoms with Crippen molar-refractivity contribution < 1.29 is 19.0 Å². The van der Waals surface area contributed by atoms with Crippen LogP contribution in [-0.2, 0) is 9.53 Å². The van der Waals surface area contributed by atoms with E-state index in [2.05, 4.69) is 4.74 Å². The van der Waals surface area contributed by atoms with E-state index in [9.17, 15) is 14.3 Å². The molecule has 0 fully saturated rings. The lowest BCUT2D eigenvalue weighted by atomic mass is 10.1. The van der Waals surface area contributed by atoms with E-state index in [0.29, 0.717) is 0 Å². The number of esters is 1. The van der Waals surface area contributed by atoms with Gasteiger partial charge in [-0.15, -0.1) is 0 Å². The largest absolute Gasteiger partial charge is 0.469 e. The van der Waals surface area contributed by atoms with Gasteiger partial charge in [-0.3, -0.25) is 4.79 Å². The highest BCUT2D eigenvalue weighted by molar-refractivity contribution is 6.30.